The van der Waals surface area contributed by atoms with Gasteiger partial charge >= 0.3 is 39.5 Å². The Bertz CT molecular complexity index is 1910. The summed E-state index contributed by atoms with van der Waals surface area (Å²) in [4.78, 5) is 72.9. The first-order chi connectivity index (χ1) is 48.5. The maximum atomic E-state index is 13.1. The third-order valence-corrected chi connectivity index (χ3v) is 20.9. The number of hydrogen-bond donors (Lipinski definition) is 3. The zero-order chi connectivity index (χ0) is 73.4. The first-order valence-corrected chi connectivity index (χ1v) is 45.1. The van der Waals surface area contributed by atoms with Gasteiger partial charge < -0.3 is 33.8 Å². The van der Waals surface area contributed by atoms with E-state index in [0.717, 1.165) is 95.8 Å². The van der Waals surface area contributed by atoms with Crippen molar-refractivity contribution in [2.45, 2.75) is 451 Å². The lowest BCUT2D eigenvalue weighted by molar-refractivity contribution is -0.161. The Morgan fingerprint density at radius 2 is 0.460 bits per heavy atom. The van der Waals surface area contributed by atoms with E-state index < -0.39 is 97.5 Å². The molecule has 0 radical (unpaired) electrons. The Balaban J connectivity index is 5.18. The summed E-state index contributed by atoms with van der Waals surface area (Å²) >= 11 is 0. The smallest absolute Gasteiger partial charge is 0.462 e. The van der Waals surface area contributed by atoms with Crippen LogP contribution in [0.3, 0.4) is 0 Å². The molecule has 17 nitrogen and oxygen atoms in total. The van der Waals surface area contributed by atoms with Crippen molar-refractivity contribution in [1.82, 2.24) is 0 Å². The van der Waals surface area contributed by atoms with E-state index >= 15 is 0 Å². The van der Waals surface area contributed by atoms with Gasteiger partial charge in [0, 0.05) is 25.7 Å². The number of unbranched alkanes of at least 4 members (excludes halogenated alkanes) is 53. The molecule has 0 aliphatic rings. The molecule has 0 saturated heterocycles. The molecule has 0 fully saturated rings. The summed E-state index contributed by atoms with van der Waals surface area (Å²) < 4.78 is 68.6. The molecule has 0 aromatic rings. The van der Waals surface area contributed by atoms with E-state index in [0.29, 0.717) is 25.7 Å². The number of carbonyl (C=O) groups is 4. The molecule has 0 aliphatic carbocycles. The van der Waals surface area contributed by atoms with E-state index in [-0.39, 0.29) is 25.7 Å². The fraction of sp³-hybridized carbons (Fsp3) is 0.951. The lowest BCUT2D eigenvalue weighted by Crippen LogP contribution is -2.30. The maximum Gasteiger partial charge on any atom is 0.472 e. The summed E-state index contributed by atoms with van der Waals surface area (Å²) in [6.07, 6.45) is 65.3. The molecular weight excluding hydrogens is 1310 g/mol. The van der Waals surface area contributed by atoms with Crippen molar-refractivity contribution in [1.29, 1.82) is 0 Å². The van der Waals surface area contributed by atoms with E-state index in [2.05, 4.69) is 34.6 Å². The number of hydrogen-bond acceptors (Lipinski definition) is 15. The molecule has 19 heteroatoms. The van der Waals surface area contributed by atoms with Crippen LogP contribution in [0.5, 0.6) is 0 Å². The minimum absolute atomic E-state index is 0.107. The summed E-state index contributed by atoms with van der Waals surface area (Å²) in [5, 5.41) is 10.6. The van der Waals surface area contributed by atoms with E-state index in [1.807, 2.05) is 0 Å². The van der Waals surface area contributed by atoms with Crippen molar-refractivity contribution in [2.75, 3.05) is 39.6 Å². The zero-order valence-corrected chi connectivity index (χ0v) is 67.1. The second-order valence-electron chi connectivity index (χ2n) is 29.6. The standard InChI is InChI=1S/C81H158O17P2/c1-6-9-12-15-18-21-24-25-26-27-28-29-30-31-36-39-42-47-52-57-62-67-81(86)98-77(71-92-79(84)65-60-55-50-46-41-38-35-33-32-34-37-40-43-48-53-58-63-74(4)5)73-96-100(89,90)94-69-75(82)68-93-99(87,88)95-72-76(97-80(85)66-61-56-51-45-23-20-17-14-11-8-3)70-91-78(83)64-59-54-49-44-22-19-16-13-10-7-2/h74-77,82H,6-73H2,1-5H3,(H,87,88)(H,89,90)/t75-,76+,77+/m0/s1. The predicted molar refractivity (Wildman–Crippen MR) is 409 cm³/mol. The van der Waals surface area contributed by atoms with Crippen LogP contribution in [0.1, 0.15) is 433 Å². The number of aliphatic hydroxyl groups is 1. The molecule has 594 valence electrons. The van der Waals surface area contributed by atoms with Crippen LogP contribution < -0.4 is 0 Å². The van der Waals surface area contributed by atoms with E-state index in [4.69, 9.17) is 37.0 Å². The minimum Gasteiger partial charge on any atom is -0.462 e. The van der Waals surface area contributed by atoms with E-state index in [1.165, 1.54) is 257 Å². The van der Waals surface area contributed by atoms with Crippen LogP contribution in [-0.2, 0) is 65.4 Å². The highest BCUT2D eigenvalue weighted by molar-refractivity contribution is 7.47. The quantitative estimate of drug-likeness (QED) is 0.0222. The highest BCUT2D eigenvalue weighted by Gasteiger charge is 2.30. The van der Waals surface area contributed by atoms with Crippen LogP contribution in [0.25, 0.3) is 0 Å². The number of phosphoric ester groups is 2. The Morgan fingerprint density at radius 1 is 0.270 bits per heavy atom. The molecule has 0 bridgehead atoms. The number of carbonyl (C=O) groups excluding carboxylic acids is 4. The molecule has 0 saturated carbocycles. The van der Waals surface area contributed by atoms with Crippen LogP contribution in [0.2, 0.25) is 0 Å². The Hall–Kier alpha value is -1.94. The normalized spacial score (nSPS) is 13.8. The molecular formula is C81H158O17P2. The summed E-state index contributed by atoms with van der Waals surface area (Å²) in [6.45, 7) is 7.34. The van der Waals surface area contributed by atoms with Gasteiger partial charge in [0.15, 0.2) is 12.2 Å². The molecule has 0 spiro atoms. The predicted octanol–water partition coefficient (Wildman–Crippen LogP) is 24.4. The van der Waals surface area contributed by atoms with Crippen LogP contribution in [0, 0.1) is 5.92 Å². The van der Waals surface area contributed by atoms with Crippen molar-refractivity contribution >= 4 is 39.5 Å². The van der Waals surface area contributed by atoms with Gasteiger partial charge in [0.2, 0.25) is 0 Å². The second-order valence-corrected chi connectivity index (χ2v) is 32.5. The highest BCUT2D eigenvalue weighted by atomic mass is 31.2. The molecule has 0 aromatic carbocycles. The van der Waals surface area contributed by atoms with E-state index in [1.54, 1.807) is 0 Å². The molecule has 3 N–H and O–H groups in total. The summed E-state index contributed by atoms with van der Waals surface area (Å²) in [6, 6.07) is 0. The Morgan fingerprint density at radius 3 is 0.680 bits per heavy atom. The van der Waals surface area contributed by atoms with Gasteiger partial charge in [0.1, 0.15) is 19.3 Å². The van der Waals surface area contributed by atoms with Gasteiger partial charge in [-0.25, -0.2) is 9.13 Å². The zero-order valence-electron chi connectivity index (χ0n) is 65.3. The lowest BCUT2D eigenvalue weighted by Gasteiger charge is -2.21. The van der Waals surface area contributed by atoms with Crippen molar-refractivity contribution in [3.05, 3.63) is 0 Å². The first-order valence-electron chi connectivity index (χ1n) is 42.1. The minimum atomic E-state index is -4.96. The molecule has 0 amide bonds. The van der Waals surface area contributed by atoms with Crippen molar-refractivity contribution in [2.24, 2.45) is 5.92 Å². The molecule has 100 heavy (non-hydrogen) atoms. The number of phosphoric acid groups is 2. The van der Waals surface area contributed by atoms with Crippen molar-refractivity contribution in [3.63, 3.8) is 0 Å². The third kappa shape index (κ3) is 74.3. The SMILES string of the molecule is CCCCCCCCCCCCCCCCCCCCCCCC(=O)O[C@H](COC(=O)CCCCCCCCCCCCCCCCCCC(C)C)COP(=O)(O)OC[C@@H](O)COP(=O)(O)OC[C@@H](COC(=O)CCCCCCCCCCCC)OC(=O)CCCCCCCCCCCC. The summed E-state index contributed by atoms with van der Waals surface area (Å²) in [5.41, 5.74) is 0. The van der Waals surface area contributed by atoms with Gasteiger partial charge in [-0.1, -0.05) is 381 Å². The first kappa shape index (κ1) is 98.1. The molecule has 0 heterocycles. The summed E-state index contributed by atoms with van der Waals surface area (Å²) in [5.74, 6) is -1.30. The van der Waals surface area contributed by atoms with Crippen molar-refractivity contribution < 1.29 is 80.2 Å². The van der Waals surface area contributed by atoms with Gasteiger partial charge in [-0.05, 0) is 31.6 Å². The average Bonchev–Trinajstić information content (AvgIpc) is 0.934. The van der Waals surface area contributed by atoms with Crippen LogP contribution in [-0.4, -0.2) is 96.7 Å². The summed E-state index contributed by atoms with van der Waals surface area (Å²) in [7, 11) is -9.91. The third-order valence-electron chi connectivity index (χ3n) is 19.0. The highest BCUT2D eigenvalue weighted by Crippen LogP contribution is 2.45. The van der Waals surface area contributed by atoms with Gasteiger partial charge in [0.25, 0.3) is 0 Å². The molecule has 0 aromatic heterocycles. The monoisotopic (exact) mass is 1470 g/mol. The molecule has 2 unspecified atom stereocenters. The van der Waals surface area contributed by atoms with Crippen molar-refractivity contribution in [3.8, 4) is 0 Å². The fourth-order valence-electron chi connectivity index (χ4n) is 12.6. The maximum absolute atomic E-state index is 13.1. The Kier molecular flexibility index (Phi) is 72.5. The van der Waals surface area contributed by atoms with Gasteiger partial charge in [-0.2, -0.15) is 0 Å². The van der Waals surface area contributed by atoms with Gasteiger partial charge in [0.05, 0.1) is 26.4 Å². The molecule has 0 rings (SSSR count). The fourth-order valence-corrected chi connectivity index (χ4v) is 14.2. The number of ether oxygens (including phenoxy) is 4. The largest absolute Gasteiger partial charge is 0.472 e. The Labute approximate surface area is 613 Å². The van der Waals surface area contributed by atoms with Crippen LogP contribution >= 0.6 is 15.6 Å². The number of aliphatic hydroxyl groups excluding tert-OH is 1. The van der Waals surface area contributed by atoms with E-state index in [9.17, 15) is 43.2 Å². The number of esters is 4. The average molecular weight is 1470 g/mol. The molecule has 0 aliphatic heterocycles. The topological polar surface area (TPSA) is 237 Å². The van der Waals surface area contributed by atoms with Gasteiger partial charge in [-0.15, -0.1) is 0 Å². The van der Waals surface area contributed by atoms with Gasteiger partial charge in [-0.3, -0.25) is 37.3 Å². The van der Waals surface area contributed by atoms with Crippen LogP contribution in [0.15, 0.2) is 0 Å². The second kappa shape index (κ2) is 73.9. The van der Waals surface area contributed by atoms with Crippen LogP contribution in [0.4, 0.5) is 0 Å². The lowest BCUT2D eigenvalue weighted by atomic mass is 10.0. The number of rotatable bonds is 81. The molecule has 5 atom stereocenters.